The van der Waals surface area contributed by atoms with Crippen LogP contribution < -0.4 is 10.6 Å². The number of nitrogens with zero attached hydrogens (tertiary/aromatic N) is 2. The van der Waals surface area contributed by atoms with Crippen molar-refractivity contribution in [1.29, 1.82) is 0 Å². The van der Waals surface area contributed by atoms with E-state index in [9.17, 15) is 9.59 Å². The molecule has 0 aliphatic rings. The molecule has 0 aromatic carbocycles. The lowest BCUT2D eigenvalue weighted by Gasteiger charge is -2.11. The van der Waals surface area contributed by atoms with Gasteiger partial charge in [-0.15, -0.1) is 32.9 Å². The van der Waals surface area contributed by atoms with Gasteiger partial charge in [-0.25, -0.2) is 0 Å². The van der Waals surface area contributed by atoms with Crippen molar-refractivity contribution >= 4 is 62.7 Å². The lowest BCUT2D eigenvalue weighted by atomic mass is 10.3. The Kier molecular flexibility index (Phi) is 6.19. The Morgan fingerprint density at radius 1 is 1.20 bits per heavy atom. The summed E-state index contributed by atoms with van der Waals surface area (Å²) in [5, 5.41) is 17.7. The lowest BCUT2D eigenvalue weighted by molar-refractivity contribution is -0.117. The van der Waals surface area contributed by atoms with E-state index in [1.54, 1.807) is 42.2 Å². The Morgan fingerprint density at radius 2 is 2.00 bits per heavy atom. The van der Waals surface area contributed by atoms with Gasteiger partial charge < -0.3 is 5.32 Å². The summed E-state index contributed by atoms with van der Waals surface area (Å²) in [6.07, 6.45) is 0. The molecule has 3 aromatic heterocycles. The van der Waals surface area contributed by atoms with Gasteiger partial charge in [0.15, 0.2) is 4.34 Å². The third-order valence-electron chi connectivity index (χ3n) is 3.04. The van der Waals surface area contributed by atoms with Crippen molar-refractivity contribution in [3.63, 3.8) is 0 Å². The highest BCUT2D eigenvalue weighted by atomic mass is 32.2. The fourth-order valence-electron chi connectivity index (χ4n) is 1.80. The van der Waals surface area contributed by atoms with Crippen LogP contribution in [0.5, 0.6) is 0 Å². The van der Waals surface area contributed by atoms with Crippen molar-refractivity contribution in [3.05, 3.63) is 44.8 Å². The number of thiophene rings is 2. The lowest BCUT2D eigenvalue weighted by Crippen LogP contribution is -2.41. The van der Waals surface area contributed by atoms with Crippen molar-refractivity contribution < 1.29 is 9.59 Å². The van der Waals surface area contributed by atoms with Gasteiger partial charge in [0, 0.05) is 10.6 Å². The highest BCUT2D eigenvalue weighted by Gasteiger charge is 2.18. The van der Waals surface area contributed by atoms with Crippen LogP contribution >= 0.6 is 45.8 Å². The zero-order chi connectivity index (χ0) is 17.6. The SMILES string of the molecule is CC(NC(=O)c1cccs1)C(=O)Nc1nnc(SCc2cccs2)s1. The van der Waals surface area contributed by atoms with E-state index in [1.165, 1.54) is 27.6 Å². The first kappa shape index (κ1) is 18.1. The van der Waals surface area contributed by atoms with Crippen LogP contribution in [0.25, 0.3) is 0 Å². The first-order valence-electron chi connectivity index (χ1n) is 7.26. The molecule has 6 nitrogen and oxygen atoms in total. The van der Waals surface area contributed by atoms with Crippen molar-refractivity contribution in [3.8, 4) is 0 Å². The van der Waals surface area contributed by atoms with E-state index < -0.39 is 6.04 Å². The first-order chi connectivity index (χ1) is 12.1. The summed E-state index contributed by atoms with van der Waals surface area (Å²) in [4.78, 5) is 26.0. The summed E-state index contributed by atoms with van der Waals surface area (Å²) in [7, 11) is 0. The molecular weight excluding hydrogens is 396 g/mol. The molecule has 0 aliphatic carbocycles. The van der Waals surface area contributed by atoms with Crippen molar-refractivity contribution in [2.24, 2.45) is 0 Å². The molecule has 1 unspecified atom stereocenters. The number of nitrogens with one attached hydrogen (secondary N) is 2. The average Bonchev–Trinajstić information content (AvgIpc) is 3.34. The molecule has 0 saturated carbocycles. The average molecular weight is 411 g/mol. The molecule has 0 saturated heterocycles. The third-order valence-corrected chi connectivity index (χ3v) is 6.99. The van der Waals surface area contributed by atoms with Crippen LogP contribution in [0.15, 0.2) is 39.4 Å². The monoisotopic (exact) mass is 410 g/mol. The summed E-state index contributed by atoms with van der Waals surface area (Å²) in [5.41, 5.74) is 0. The zero-order valence-corrected chi connectivity index (χ0v) is 16.4. The summed E-state index contributed by atoms with van der Waals surface area (Å²) in [5.74, 6) is 0.242. The normalized spacial score (nSPS) is 11.9. The van der Waals surface area contributed by atoms with Gasteiger partial charge in [0.25, 0.3) is 5.91 Å². The summed E-state index contributed by atoms with van der Waals surface area (Å²) in [6, 6.07) is 6.92. The maximum atomic E-state index is 12.2. The van der Waals surface area contributed by atoms with Gasteiger partial charge in [-0.1, -0.05) is 35.2 Å². The minimum absolute atomic E-state index is 0.262. The molecule has 2 amide bonds. The van der Waals surface area contributed by atoms with Crippen LogP contribution in [0.4, 0.5) is 5.13 Å². The van der Waals surface area contributed by atoms with E-state index in [0.29, 0.717) is 10.0 Å². The molecule has 0 aliphatic heterocycles. The molecule has 25 heavy (non-hydrogen) atoms. The molecule has 1 atom stereocenters. The fraction of sp³-hybridized carbons (Fsp3) is 0.200. The van der Waals surface area contributed by atoms with E-state index in [1.807, 2.05) is 16.8 Å². The van der Waals surface area contributed by atoms with E-state index >= 15 is 0 Å². The second kappa shape index (κ2) is 8.56. The molecule has 3 rings (SSSR count). The Balaban J connectivity index is 1.49. The van der Waals surface area contributed by atoms with Gasteiger partial charge in [-0.05, 0) is 29.8 Å². The second-order valence-electron chi connectivity index (χ2n) is 4.90. The number of thioether (sulfide) groups is 1. The summed E-state index contributed by atoms with van der Waals surface area (Å²) in [6.45, 7) is 1.63. The molecule has 3 aromatic rings. The van der Waals surface area contributed by atoms with E-state index in [0.717, 1.165) is 10.1 Å². The van der Waals surface area contributed by atoms with Crippen LogP contribution in [0.1, 0.15) is 21.5 Å². The van der Waals surface area contributed by atoms with Gasteiger partial charge in [0.1, 0.15) is 6.04 Å². The van der Waals surface area contributed by atoms with Crippen molar-refractivity contribution in [1.82, 2.24) is 15.5 Å². The summed E-state index contributed by atoms with van der Waals surface area (Å²) >= 11 is 5.92. The molecule has 130 valence electrons. The topological polar surface area (TPSA) is 84.0 Å². The maximum absolute atomic E-state index is 12.2. The Hall–Kier alpha value is -1.75. The van der Waals surface area contributed by atoms with Crippen LogP contribution in [0, 0.1) is 0 Å². The number of carbonyl (C=O) groups excluding carboxylic acids is 2. The highest BCUT2D eigenvalue weighted by molar-refractivity contribution is 8.00. The zero-order valence-electron chi connectivity index (χ0n) is 13.1. The fourth-order valence-corrected chi connectivity index (χ4v) is 4.96. The predicted molar refractivity (Wildman–Crippen MR) is 104 cm³/mol. The van der Waals surface area contributed by atoms with Crippen LogP contribution in [0.3, 0.4) is 0 Å². The van der Waals surface area contributed by atoms with E-state index in [4.69, 9.17) is 0 Å². The standard InChI is InChI=1S/C15H14N4O2S4/c1-9(16-13(21)11-5-3-7-23-11)12(20)17-14-18-19-15(25-14)24-8-10-4-2-6-22-10/h2-7,9H,8H2,1H3,(H,16,21)(H,17,18,20). The van der Waals surface area contributed by atoms with Crippen molar-refractivity contribution in [2.75, 3.05) is 5.32 Å². The molecule has 0 fully saturated rings. The number of hydrogen-bond acceptors (Lipinski definition) is 8. The molecule has 3 heterocycles. The van der Waals surface area contributed by atoms with Crippen LogP contribution in [-0.2, 0) is 10.5 Å². The molecule has 0 bridgehead atoms. The van der Waals surface area contributed by atoms with E-state index in [2.05, 4.69) is 26.9 Å². The minimum Gasteiger partial charge on any atom is -0.340 e. The Labute approximate surface area is 160 Å². The molecule has 0 radical (unpaired) electrons. The molecule has 0 spiro atoms. The van der Waals surface area contributed by atoms with Crippen LogP contribution in [-0.4, -0.2) is 28.1 Å². The smallest absolute Gasteiger partial charge is 0.261 e. The minimum atomic E-state index is -0.666. The number of amides is 2. The third kappa shape index (κ3) is 5.11. The number of carbonyl (C=O) groups is 2. The van der Waals surface area contributed by atoms with Gasteiger partial charge >= 0.3 is 0 Å². The number of aromatic nitrogens is 2. The largest absolute Gasteiger partial charge is 0.340 e. The van der Waals surface area contributed by atoms with Gasteiger partial charge in [-0.3, -0.25) is 14.9 Å². The second-order valence-corrected chi connectivity index (χ2v) is 9.08. The number of rotatable bonds is 7. The van der Waals surface area contributed by atoms with Gasteiger partial charge in [-0.2, -0.15) is 0 Å². The van der Waals surface area contributed by atoms with Crippen molar-refractivity contribution in [2.45, 2.75) is 23.1 Å². The molecule has 10 heteroatoms. The highest BCUT2D eigenvalue weighted by Crippen LogP contribution is 2.29. The summed E-state index contributed by atoms with van der Waals surface area (Å²) < 4.78 is 0.791. The molecule has 2 N–H and O–H groups in total. The van der Waals surface area contributed by atoms with E-state index in [-0.39, 0.29) is 11.8 Å². The predicted octanol–water partition coefficient (Wildman–Crippen LogP) is 3.71. The number of hydrogen-bond donors (Lipinski definition) is 2. The first-order valence-corrected chi connectivity index (χ1v) is 10.8. The maximum Gasteiger partial charge on any atom is 0.261 e. The van der Waals surface area contributed by atoms with Gasteiger partial charge in [0.05, 0.1) is 4.88 Å². The Bertz CT molecular complexity index is 830. The van der Waals surface area contributed by atoms with Gasteiger partial charge in [0.2, 0.25) is 11.0 Å². The van der Waals surface area contributed by atoms with Crippen LogP contribution in [0.2, 0.25) is 0 Å². The number of anilines is 1. The quantitative estimate of drug-likeness (QED) is 0.458. The Morgan fingerprint density at radius 3 is 2.72 bits per heavy atom. The molecular formula is C15H14N4O2S4.